The molecular formula is C21H26BrN3O3S. The number of halogens is 1. The maximum absolute atomic E-state index is 12.9. The van der Waals surface area contributed by atoms with E-state index in [1.807, 2.05) is 6.07 Å². The Morgan fingerprint density at radius 1 is 1.07 bits per heavy atom. The van der Waals surface area contributed by atoms with Gasteiger partial charge in [-0.05, 0) is 49.2 Å². The van der Waals surface area contributed by atoms with E-state index in [0.717, 1.165) is 28.1 Å². The van der Waals surface area contributed by atoms with E-state index in [4.69, 9.17) is 0 Å². The summed E-state index contributed by atoms with van der Waals surface area (Å²) in [6, 6.07) is 13.2. The molecule has 0 aromatic heterocycles. The molecule has 2 aromatic rings. The standard InChI is InChI=1S/C21H26BrN3O3S/c1-16-6-4-9-20(17(16)2)23-10-12-24(13-11-23)21(26)15-25(29(3,27)28)19-8-5-7-18(22)14-19/h4-9,14H,10-13,15H2,1-3H3. The summed E-state index contributed by atoms with van der Waals surface area (Å²) in [5, 5.41) is 0. The molecule has 0 atom stereocenters. The molecule has 0 radical (unpaired) electrons. The lowest BCUT2D eigenvalue weighted by Gasteiger charge is -2.37. The number of rotatable bonds is 5. The van der Waals surface area contributed by atoms with Crippen molar-refractivity contribution in [2.24, 2.45) is 0 Å². The van der Waals surface area contributed by atoms with Gasteiger partial charge in [-0.2, -0.15) is 0 Å². The Balaban J connectivity index is 1.69. The first-order chi connectivity index (χ1) is 13.7. The van der Waals surface area contributed by atoms with Crippen molar-refractivity contribution in [3.63, 3.8) is 0 Å². The number of amides is 1. The van der Waals surface area contributed by atoms with Gasteiger partial charge < -0.3 is 9.80 Å². The maximum Gasteiger partial charge on any atom is 0.243 e. The van der Waals surface area contributed by atoms with Crippen LogP contribution in [0.5, 0.6) is 0 Å². The number of hydrogen-bond donors (Lipinski definition) is 0. The fourth-order valence-corrected chi connectivity index (χ4v) is 4.76. The molecule has 3 rings (SSSR count). The smallest absolute Gasteiger partial charge is 0.243 e. The first kappa shape index (κ1) is 21.6. The molecule has 1 aliphatic heterocycles. The summed E-state index contributed by atoms with van der Waals surface area (Å²) < 4.78 is 26.5. The van der Waals surface area contributed by atoms with Gasteiger partial charge in [0, 0.05) is 36.3 Å². The van der Waals surface area contributed by atoms with Gasteiger partial charge in [-0.15, -0.1) is 0 Å². The molecule has 1 heterocycles. The Morgan fingerprint density at radius 2 is 1.72 bits per heavy atom. The van der Waals surface area contributed by atoms with E-state index in [1.54, 1.807) is 23.1 Å². The zero-order valence-electron chi connectivity index (χ0n) is 16.9. The Morgan fingerprint density at radius 3 is 2.34 bits per heavy atom. The highest BCUT2D eigenvalue weighted by molar-refractivity contribution is 9.10. The number of carbonyl (C=O) groups is 1. The molecule has 29 heavy (non-hydrogen) atoms. The predicted molar refractivity (Wildman–Crippen MR) is 121 cm³/mol. The highest BCUT2D eigenvalue weighted by Crippen LogP contribution is 2.25. The second kappa shape index (κ2) is 8.75. The average molecular weight is 480 g/mol. The second-order valence-corrected chi connectivity index (χ2v) is 10.2. The molecule has 1 saturated heterocycles. The zero-order chi connectivity index (χ0) is 21.2. The van der Waals surface area contributed by atoms with E-state index in [2.05, 4.69) is 52.9 Å². The molecule has 8 heteroatoms. The van der Waals surface area contributed by atoms with Gasteiger partial charge in [-0.3, -0.25) is 9.10 Å². The topological polar surface area (TPSA) is 60.9 Å². The van der Waals surface area contributed by atoms with Gasteiger partial charge in [0.1, 0.15) is 6.54 Å². The first-order valence-electron chi connectivity index (χ1n) is 9.49. The van der Waals surface area contributed by atoms with Crippen LogP contribution in [0, 0.1) is 13.8 Å². The van der Waals surface area contributed by atoms with E-state index in [9.17, 15) is 13.2 Å². The van der Waals surface area contributed by atoms with Crippen molar-refractivity contribution in [2.75, 3.05) is 48.2 Å². The van der Waals surface area contributed by atoms with Crippen molar-refractivity contribution in [2.45, 2.75) is 13.8 Å². The Kier molecular flexibility index (Phi) is 6.53. The summed E-state index contributed by atoms with van der Waals surface area (Å²) in [5.41, 5.74) is 4.18. The van der Waals surface area contributed by atoms with Crippen LogP contribution >= 0.6 is 15.9 Å². The summed E-state index contributed by atoms with van der Waals surface area (Å²) in [5.74, 6) is -0.184. The molecule has 1 aliphatic rings. The number of nitrogens with zero attached hydrogens (tertiary/aromatic N) is 3. The number of hydrogen-bond acceptors (Lipinski definition) is 4. The van der Waals surface area contributed by atoms with Gasteiger partial charge in [0.25, 0.3) is 0 Å². The highest BCUT2D eigenvalue weighted by atomic mass is 79.9. The highest BCUT2D eigenvalue weighted by Gasteiger charge is 2.27. The van der Waals surface area contributed by atoms with E-state index in [-0.39, 0.29) is 12.5 Å². The minimum Gasteiger partial charge on any atom is -0.368 e. The molecule has 2 aromatic carbocycles. The van der Waals surface area contributed by atoms with E-state index < -0.39 is 10.0 Å². The molecular weight excluding hydrogens is 454 g/mol. The number of benzene rings is 2. The SMILES string of the molecule is Cc1cccc(N2CCN(C(=O)CN(c3cccc(Br)c3)S(C)(=O)=O)CC2)c1C. The van der Waals surface area contributed by atoms with Gasteiger partial charge in [0.2, 0.25) is 15.9 Å². The summed E-state index contributed by atoms with van der Waals surface area (Å²) in [7, 11) is -3.58. The third-order valence-electron chi connectivity index (χ3n) is 5.32. The molecule has 156 valence electrons. The average Bonchev–Trinajstić information content (AvgIpc) is 2.67. The molecule has 6 nitrogen and oxygen atoms in total. The van der Waals surface area contributed by atoms with Gasteiger partial charge in [-0.25, -0.2) is 8.42 Å². The van der Waals surface area contributed by atoms with E-state index in [0.29, 0.717) is 18.8 Å². The van der Waals surface area contributed by atoms with Crippen LogP contribution in [0.2, 0.25) is 0 Å². The normalized spacial score (nSPS) is 14.8. The van der Waals surface area contributed by atoms with Gasteiger partial charge in [-0.1, -0.05) is 34.1 Å². The van der Waals surface area contributed by atoms with Crippen molar-refractivity contribution in [1.29, 1.82) is 0 Å². The molecule has 0 saturated carbocycles. The molecule has 0 aliphatic carbocycles. The van der Waals surface area contributed by atoms with Gasteiger partial charge in [0.05, 0.1) is 11.9 Å². The Bertz CT molecular complexity index is 1000. The van der Waals surface area contributed by atoms with Crippen LogP contribution in [0.25, 0.3) is 0 Å². The summed E-state index contributed by atoms with van der Waals surface area (Å²) in [6.07, 6.45) is 1.12. The van der Waals surface area contributed by atoms with E-state index in [1.165, 1.54) is 16.8 Å². The summed E-state index contributed by atoms with van der Waals surface area (Å²) in [6.45, 7) is 6.62. The van der Waals surface area contributed by atoms with Crippen molar-refractivity contribution in [1.82, 2.24) is 4.90 Å². The van der Waals surface area contributed by atoms with Crippen LogP contribution in [-0.2, 0) is 14.8 Å². The fourth-order valence-electron chi connectivity index (χ4n) is 3.53. The van der Waals surface area contributed by atoms with Crippen molar-refractivity contribution >= 4 is 43.2 Å². The van der Waals surface area contributed by atoms with Crippen molar-refractivity contribution in [3.05, 3.63) is 58.1 Å². The fraction of sp³-hybridized carbons (Fsp3) is 0.381. The summed E-state index contributed by atoms with van der Waals surface area (Å²) in [4.78, 5) is 16.9. The largest absolute Gasteiger partial charge is 0.368 e. The number of aryl methyl sites for hydroxylation is 1. The first-order valence-corrected chi connectivity index (χ1v) is 12.1. The molecule has 0 spiro atoms. The van der Waals surface area contributed by atoms with Crippen LogP contribution in [0.3, 0.4) is 0 Å². The predicted octanol–water partition coefficient (Wildman–Crippen LogP) is 3.18. The Hall–Kier alpha value is -2.06. The lowest BCUT2D eigenvalue weighted by molar-refractivity contribution is -0.129. The molecule has 0 bridgehead atoms. The van der Waals surface area contributed by atoms with Crippen molar-refractivity contribution < 1.29 is 13.2 Å². The molecule has 1 amide bonds. The van der Waals surface area contributed by atoms with Crippen molar-refractivity contribution in [3.8, 4) is 0 Å². The second-order valence-electron chi connectivity index (χ2n) is 7.34. The lowest BCUT2D eigenvalue weighted by Crippen LogP contribution is -2.52. The molecule has 0 N–H and O–H groups in total. The van der Waals surface area contributed by atoms with Gasteiger partial charge in [0.15, 0.2) is 0 Å². The number of sulfonamides is 1. The maximum atomic E-state index is 12.9. The van der Waals surface area contributed by atoms with Crippen LogP contribution in [-0.4, -0.2) is 58.2 Å². The third-order valence-corrected chi connectivity index (χ3v) is 6.96. The Labute approximate surface area is 181 Å². The number of carbonyl (C=O) groups excluding carboxylic acids is 1. The van der Waals surface area contributed by atoms with Gasteiger partial charge >= 0.3 is 0 Å². The zero-order valence-corrected chi connectivity index (χ0v) is 19.3. The summed E-state index contributed by atoms with van der Waals surface area (Å²) >= 11 is 3.36. The molecule has 1 fully saturated rings. The monoisotopic (exact) mass is 479 g/mol. The van der Waals surface area contributed by atoms with Crippen LogP contribution < -0.4 is 9.21 Å². The molecule has 0 unspecified atom stereocenters. The third kappa shape index (κ3) is 5.11. The minimum absolute atomic E-state index is 0.184. The quantitative estimate of drug-likeness (QED) is 0.660. The number of anilines is 2. The van der Waals surface area contributed by atoms with Crippen LogP contribution in [0.15, 0.2) is 46.9 Å². The van der Waals surface area contributed by atoms with E-state index >= 15 is 0 Å². The minimum atomic E-state index is -3.58. The lowest BCUT2D eigenvalue weighted by atomic mass is 10.1. The van der Waals surface area contributed by atoms with Crippen LogP contribution in [0.1, 0.15) is 11.1 Å². The van der Waals surface area contributed by atoms with Crippen LogP contribution in [0.4, 0.5) is 11.4 Å². The number of piperazine rings is 1.